The number of aryl methyl sites for hydroxylation is 1. The highest BCUT2D eigenvalue weighted by molar-refractivity contribution is 9.10. The lowest BCUT2D eigenvalue weighted by atomic mass is 10.2. The van der Waals surface area contributed by atoms with E-state index in [-0.39, 0.29) is 5.69 Å². The zero-order valence-electron chi connectivity index (χ0n) is 9.51. The van der Waals surface area contributed by atoms with Crippen LogP contribution in [0.1, 0.15) is 16.1 Å². The number of hydrogen-bond acceptors (Lipinski definition) is 4. The number of carbonyl (C=O) groups is 1. The third-order valence-corrected chi connectivity index (χ3v) is 2.81. The molecule has 2 aromatic rings. The molecule has 0 bridgehead atoms. The Morgan fingerprint density at radius 3 is 2.89 bits per heavy atom. The van der Waals surface area contributed by atoms with Crippen LogP contribution in [0.15, 0.2) is 35.1 Å². The van der Waals surface area contributed by atoms with Crippen LogP contribution in [0.2, 0.25) is 0 Å². The van der Waals surface area contributed by atoms with Crippen molar-refractivity contribution < 1.29 is 9.90 Å². The monoisotopic (exact) mass is 307 g/mol. The van der Waals surface area contributed by atoms with E-state index in [9.17, 15) is 4.79 Å². The number of aromatic carboxylic acids is 1. The van der Waals surface area contributed by atoms with Crippen molar-refractivity contribution in [2.45, 2.75) is 6.92 Å². The van der Waals surface area contributed by atoms with Gasteiger partial charge in [0.25, 0.3) is 0 Å². The lowest BCUT2D eigenvalue weighted by molar-refractivity contribution is 0.0690. The van der Waals surface area contributed by atoms with Gasteiger partial charge in [-0.3, -0.25) is 4.98 Å². The van der Waals surface area contributed by atoms with Gasteiger partial charge in [0.1, 0.15) is 5.82 Å². The summed E-state index contributed by atoms with van der Waals surface area (Å²) in [4.78, 5) is 18.6. The summed E-state index contributed by atoms with van der Waals surface area (Å²) in [6.45, 7) is 1.95. The number of rotatable bonds is 3. The van der Waals surface area contributed by atoms with Crippen LogP contribution in [-0.2, 0) is 0 Å². The first-order chi connectivity index (χ1) is 8.56. The molecule has 1 heterocycles. The first-order valence-corrected chi connectivity index (χ1v) is 5.94. The maximum Gasteiger partial charge on any atom is 0.356 e. The Hall–Kier alpha value is -1.95. The first kappa shape index (κ1) is 12.5. The van der Waals surface area contributed by atoms with Crippen molar-refractivity contribution >= 4 is 33.4 Å². The van der Waals surface area contributed by atoms with Crippen LogP contribution in [0.25, 0.3) is 0 Å². The molecule has 18 heavy (non-hydrogen) atoms. The SMILES string of the molecule is Cc1ccc(Br)cc1Nc1cncc(C(=O)O)n1. The van der Waals surface area contributed by atoms with Gasteiger partial charge in [0.15, 0.2) is 5.69 Å². The maximum absolute atomic E-state index is 10.8. The van der Waals surface area contributed by atoms with E-state index in [4.69, 9.17) is 5.11 Å². The van der Waals surface area contributed by atoms with Crippen molar-refractivity contribution in [3.8, 4) is 0 Å². The predicted octanol–water partition coefficient (Wildman–Crippen LogP) is 2.99. The third kappa shape index (κ3) is 2.84. The Labute approximate surface area is 112 Å². The second-order valence-electron chi connectivity index (χ2n) is 3.68. The van der Waals surface area contributed by atoms with Gasteiger partial charge in [-0.15, -0.1) is 0 Å². The van der Waals surface area contributed by atoms with Crippen LogP contribution in [0.3, 0.4) is 0 Å². The molecule has 6 heteroatoms. The van der Waals surface area contributed by atoms with Gasteiger partial charge in [0.2, 0.25) is 0 Å². The zero-order valence-corrected chi connectivity index (χ0v) is 11.1. The van der Waals surface area contributed by atoms with E-state index in [1.54, 1.807) is 0 Å². The van der Waals surface area contributed by atoms with E-state index in [1.807, 2.05) is 25.1 Å². The Balaban J connectivity index is 2.31. The highest BCUT2D eigenvalue weighted by atomic mass is 79.9. The number of hydrogen-bond donors (Lipinski definition) is 2. The van der Waals surface area contributed by atoms with E-state index >= 15 is 0 Å². The highest BCUT2D eigenvalue weighted by Gasteiger charge is 2.07. The number of benzene rings is 1. The van der Waals surface area contributed by atoms with Crippen LogP contribution in [-0.4, -0.2) is 21.0 Å². The third-order valence-electron chi connectivity index (χ3n) is 2.32. The number of carboxylic acid groups (broad SMARTS) is 1. The molecule has 0 saturated carbocycles. The summed E-state index contributed by atoms with van der Waals surface area (Å²) in [5, 5.41) is 11.9. The van der Waals surface area contributed by atoms with Crippen LogP contribution < -0.4 is 5.32 Å². The Morgan fingerprint density at radius 1 is 1.39 bits per heavy atom. The number of nitrogens with one attached hydrogen (secondary N) is 1. The number of carboxylic acids is 1. The van der Waals surface area contributed by atoms with Crippen molar-refractivity contribution in [2.24, 2.45) is 0 Å². The van der Waals surface area contributed by atoms with Crippen LogP contribution in [0, 0.1) is 6.92 Å². The van der Waals surface area contributed by atoms with Crippen molar-refractivity contribution in [1.29, 1.82) is 0 Å². The molecule has 0 atom stereocenters. The summed E-state index contributed by atoms with van der Waals surface area (Å²) in [6.07, 6.45) is 2.69. The average Bonchev–Trinajstić information content (AvgIpc) is 2.34. The molecule has 0 saturated heterocycles. The lowest BCUT2D eigenvalue weighted by Gasteiger charge is -2.09. The fourth-order valence-corrected chi connectivity index (χ4v) is 1.76. The van der Waals surface area contributed by atoms with Gasteiger partial charge in [-0.1, -0.05) is 22.0 Å². The number of halogens is 1. The Bertz CT molecular complexity index is 602. The van der Waals surface area contributed by atoms with Crippen molar-refractivity contribution in [2.75, 3.05) is 5.32 Å². The highest BCUT2D eigenvalue weighted by Crippen LogP contribution is 2.23. The number of aromatic nitrogens is 2. The van der Waals surface area contributed by atoms with Crippen molar-refractivity contribution in [3.63, 3.8) is 0 Å². The molecule has 0 fully saturated rings. The molecule has 0 radical (unpaired) electrons. The molecule has 0 unspecified atom stereocenters. The van der Waals surface area contributed by atoms with E-state index in [0.29, 0.717) is 5.82 Å². The van der Waals surface area contributed by atoms with Gasteiger partial charge in [-0.2, -0.15) is 0 Å². The molecular weight excluding hydrogens is 298 g/mol. The van der Waals surface area contributed by atoms with E-state index in [1.165, 1.54) is 12.4 Å². The van der Waals surface area contributed by atoms with Crippen LogP contribution in [0.5, 0.6) is 0 Å². The number of nitrogens with zero attached hydrogens (tertiary/aromatic N) is 2. The molecule has 2 N–H and O–H groups in total. The fraction of sp³-hybridized carbons (Fsp3) is 0.0833. The zero-order chi connectivity index (χ0) is 13.1. The molecule has 0 spiro atoms. The molecule has 1 aromatic carbocycles. The number of anilines is 2. The largest absolute Gasteiger partial charge is 0.476 e. The van der Waals surface area contributed by atoms with Gasteiger partial charge >= 0.3 is 5.97 Å². The molecular formula is C12H10BrN3O2. The minimum Gasteiger partial charge on any atom is -0.476 e. The standard InChI is InChI=1S/C12H10BrN3O2/c1-7-2-3-8(13)4-9(7)15-11-6-14-5-10(16-11)12(17)18/h2-6H,1H3,(H,15,16)(H,17,18). The molecule has 92 valence electrons. The van der Waals surface area contributed by atoms with Crippen LogP contribution >= 0.6 is 15.9 Å². The van der Waals surface area contributed by atoms with Crippen molar-refractivity contribution in [1.82, 2.24) is 9.97 Å². The van der Waals surface area contributed by atoms with Gasteiger partial charge in [0.05, 0.1) is 12.4 Å². The minimum absolute atomic E-state index is 0.0901. The molecule has 2 rings (SSSR count). The summed E-state index contributed by atoms with van der Waals surface area (Å²) in [7, 11) is 0. The normalized spacial score (nSPS) is 10.1. The Morgan fingerprint density at radius 2 is 2.17 bits per heavy atom. The summed E-state index contributed by atoms with van der Waals surface area (Å²) in [6, 6.07) is 5.77. The summed E-state index contributed by atoms with van der Waals surface area (Å²) in [5.74, 6) is -0.701. The quantitative estimate of drug-likeness (QED) is 0.911. The molecule has 0 amide bonds. The van der Waals surface area contributed by atoms with E-state index < -0.39 is 5.97 Å². The molecule has 1 aromatic heterocycles. The fourth-order valence-electron chi connectivity index (χ4n) is 1.40. The van der Waals surface area contributed by atoms with Crippen LogP contribution in [0.4, 0.5) is 11.5 Å². The second kappa shape index (κ2) is 5.14. The lowest BCUT2D eigenvalue weighted by Crippen LogP contribution is -2.04. The van der Waals surface area contributed by atoms with E-state index in [0.717, 1.165) is 15.7 Å². The van der Waals surface area contributed by atoms with Gasteiger partial charge in [-0.05, 0) is 24.6 Å². The molecule has 5 nitrogen and oxygen atoms in total. The minimum atomic E-state index is -1.10. The van der Waals surface area contributed by atoms with E-state index in [2.05, 4.69) is 31.2 Å². The summed E-state index contributed by atoms with van der Waals surface area (Å²) in [5.41, 5.74) is 1.79. The molecule has 0 aliphatic rings. The predicted molar refractivity (Wildman–Crippen MR) is 71.2 cm³/mol. The summed E-state index contributed by atoms with van der Waals surface area (Å²) >= 11 is 3.38. The topological polar surface area (TPSA) is 75.1 Å². The van der Waals surface area contributed by atoms with Gasteiger partial charge in [-0.25, -0.2) is 9.78 Å². The molecule has 0 aliphatic carbocycles. The van der Waals surface area contributed by atoms with Gasteiger partial charge < -0.3 is 10.4 Å². The first-order valence-electron chi connectivity index (χ1n) is 5.15. The average molecular weight is 308 g/mol. The Kier molecular flexibility index (Phi) is 3.57. The van der Waals surface area contributed by atoms with Gasteiger partial charge in [0, 0.05) is 10.2 Å². The van der Waals surface area contributed by atoms with Crippen molar-refractivity contribution in [3.05, 3.63) is 46.3 Å². The maximum atomic E-state index is 10.8. The second-order valence-corrected chi connectivity index (χ2v) is 4.59. The summed E-state index contributed by atoms with van der Waals surface area (Å²) < 4.78 is 0.929. The molecule has 0 aliphatic heterocycles. The smallest absolute Gasteiger partial charge is 0.356 e.